The van der Waals surface area contributed by atoms with Gasteiger partial charge < -0.3 is 15.7 Å². The number of carbonyl (C=O) groups excluding carboxylic acids is 1. The summed E-state index contributed by atoms with van der Waals surface area (Å²) in [5, 5.41) is 15.5. The van der Waals surface area contributed by atoms with Crippen molar-refractivity contribution < 1.29 is 9.90 Å². The first-order chi connectivity index (χ1) is 9.58. The number of nitrogens with one attached hydrogen (secondary N) is 2. The molecule has 5 heteroatoms. The van der Waals surface area contributed by atoms with Crippen LogP contribution in [-0.2, 0) is 0 Å². The van der Waals surface area contributed by atoms with Crippen LogP contribution in [0.4, 0.5) is 4.79 Å². The zero-order valence-electron chi connectivity index (χ0n) is 12.8. The van der Waals surface area contributed by atoms with Crippen LogP contribution in [0.1, 0.15) is 52.4 Å². The van der Waals surface area contributed by atoms with Crippen LogP contribution < -0.4 is 10.6 Å². The highest BCUT2D eigenvalue weighted by Crippen LogP contribution is 2.27. The van der Waals surface area contributed by atoms with Crippen LogP contribution in [0.3, 0.4) is 0 Å². The van der Waals surface area contributed by atoms with E-state index in [4.69, 9.17) is 0 Å². The van der Waals surface area contributed by atoms with E-state index in [2.05, 4.69) is 22.5 Å². The second kappa shape index (κ2) is 6.76. The Morgan fingerprint density at radius 3 is 2.85 bits per heavy atom. The van der Waals surface area contributed by atoms with Crippen LogP contribution in [-0.4, -0.2) is 53.4 Å². The maximum Gasteiger partial charge on any atom is 0.315 e. The molecule has 0 aromatic carbocycles. The minimum atomic E-state index is -0.510. The molecule has 2 aliphatic rings. The predicted molar refractivity (Wildman–Crippen MR) is 79.7 cm³/mol. The van der Waals surface area contributed by atoms with Crippen molar-refractivity contribution >= 4 is 6.03 Å². The lowest BCUT2D eigenvalue weighted by atomic mass is 9.97. The molecule has 0 radical (unpaired) electrons. The molecule has 0 saturated carbocycles. The van der Waals surface area contributed by atoms with E-state index < -0.39 is 5.54 Å². The molecule has 3 atom stereocenters. The number of hydrogen-bond acceptors (Lipinski definition) is 3. The third kappa shape index (κ3) is 3.64. The van der Waals surface area contributed by atoms with Crippen molar-refractivity contribution in [1.82, 2.24) is 15.5 Å². The van der Waals surface area contributed by atoms with Gasteiger partial charge in [0.15, 0.2) is 0 Å². The SMILES string of the molecule is CCCC(C)(CO)NC(=O)NC1CCN2CCCCC12. The van der Waals surface area contributed by atoms with E-state index in [1.165, 1.54) is 25.8 Å². The van der Waals surface area contributed by atoms with Crippen LogP contribution in [0.2, 0.25) is 0 Å². The van der Waals surface area contributed by atoms with Gasteiger partial charge in [-0.15, -0.1) is 0 Å². The van der Waals surface area contributed by atoms with Crippen LogP contribution in [0.5, 0.6) is 0 Å². The first-order valence-electron chi connectivity index (χ1n) is 8.01. The van der Waals surface area contributed by atoms with Gasteiger partial charge in [0.2, 0.25) is 0 Å². The molecule has 0 aromatic rings. The number of urea groups is 1. The average molecular weight is 283 g/mol. The Balaban J connectivity index is 1.85. The first kappa shape index (κ1) is 15.6. The van der Waals surface area contributed by atoms with E-state index >= 15 is 0 Å². The fraction of sp³-hybridized carbons (Fsp3) is 0.933. The van der Waals surface area contributed by atoms with Gasteiger partial charge in [-0.1, -0.05) is 19.8 Å². The molecule has 2 fully saturated rings. The monoisotopic (exact) mass is 283 g/mol. The highest BCUT2D eigenvalue weighted by Gasteiger charge is 2.36. The van der Waals surface area contributed by atoms with Crippen LogP contribution in [0, 0.1) is 0 Å². The van der Waals surface area contributed by atoms with Gasteiger partial charge in [0.25, 0.3) is 0 Å². The molecule has 2 rings (SSSR count). The minimum absolute atomic E-state index is 0.0194. The number of rotatable bonds is 5. The Kier molecular flexibility index (Phi) is 5.27. The van der Waals surface area contributed by atoms with Crippen molar-refractivity contribution in [3.05, 3.63) is 0 Å². The van der Waals surface area contributed by atoms with E-state index in [9.17, 15) is 9.90 Å². The quantitative estimate of drug-likeness (QED) is 0.716. The molecule has 5 nitrogen and oxygen atoms in total. The lowest BCUT2D eigenvalue weighted by Gasteiger charge is -2.34. The Morgan fingerprint density at radius 2 is 2.15 bits per heavy atom. The van der Waals surface area contributed by atoms with Crippen molar-refractivity contribution in [2.75, 3.05) is 19.7 Å². The van der Waals surface area contributed by atoms with Crippen LogP contribution in [0.15, 0.2) is 0 Å². The summed E-state index contributed by atoms with van der Waals surface area (Å²) in [6.07, 6.45) is 6.52. The zero-order chi connectivity index (χ0) is 14.6. The maximum absolute atomic E-state index is 12.2. The summed E-state index contributed by atoms with van der Waals surface area (Å²) < 4.78 is 0. The lowest BCUT2D eigenvalue weighted by Crippen LogP contribution is -2.56. The molecule has 0 spiro atoms. The lowest BCUT2D eigenvalue weighted by molar-refractivity contribution is 0.156. The normalized spacial score (nSPS) is 29.6. The topological polar surface area (TPSA) is 64.6 Å². The molecule has 116 valence electrons. The van der Waals surface area contributed by atoms with Gasteiger partial charge in [-0.3, -0.25) is 4.90 Å². The number of fused-ring (bicyclic) bond motifs is 1. The summed E-state index contributed by atoms with van der Waals surface area (Å²) in [5.41, 5.74) is -0.510. The largest absolute Gasteiger partial charge is 0.394 e. The Morgan fingerprint density at radius 1 is 1.35 bits per heavy atom. The standard InChI is InChI=1S/C15H29N3O2/c1-3-8-15(2,11-19)17-14(20)16-12-7-10-18-9-5-4-6-13(12)18/h12-13,19H,3-11H2,1-2H3,(H2,16,17,20). The molecule has 20 heavy (non-hydrogen) atoms. The summed E-state index contributed by atoms with van der Waals surface area (Å²) in [6.45, 7) is 6.22. The van der Waals surface area contributed by atoms with Crippen LogP contribution >= 0.6 is 0 Å². The van der Waals surface area contributed by atoms with Gasteiger partial charge in [-0.05, 0) is 39.2 Å². The van der Waals surface area contributed by atoms with E-state index in [0.29, 0.717) is 6.04 Å². The van der Waals surface area contributed by atoms with Crippen molar-refractivity contribution in [3.8, 4) is 0 Å². The summed E-state index contributed by atoms with van der Waals surface area (Å²) in [6, 6.07) is 0.647. The van der Waals surface area contributed by atoms with Crippen molar-refractivity contribution in [3.63, 3.8) is 0 Å². The van der Waals surface area contributed by atoms with E-state index in [0.717, 1.165) is 25.8 Å². The van der Waals surface area contributed by atoms with Gasteiger partial charge in [0.1, 0.15) is 0 Å². The van der Waals surface area contributed by atoms with Crippen molar-refractivity contribution in [2.24, 2.45) is 0 Å². The molecule has 0 aromatic heterocycles. The second-order valence-corrected chi connectivity index (χ2v) is 6.56. The molecule has 2 amide bonds. The van der Waals surface area contributed by atoms with E-state index in [1.807, 2.05) is 6.92 Å². The molecule has 0 aliphatic carbocycles. The van der Waals surface area contributed by atoms with Gasteiger partial charge in [-0.2, -0.15) is 0 Å². The van der Waals surface area contributed by atoms with Gasteiger partial charge in [-0.25, -0.2) is 4.79 Å². The molecular weight excluding hydrogens is 254 g/mol. The summed E-state index contributed by atoms with van der Waals surface area (Å²) >= 11 is 0. The van der Waals surface area contributed by atoms with Crippen molar-refractivity contribution in [1.29, 1.82) is 0 Å². The first-order valence-corrected chi connectivity index (χ1v) is 8.01. The number of amides is 2. The number of piperidine rings is 1. The average Bonchev–Trinajstić information content (AvgIpc) is 2.82. The maximum atomic E-state index is 12.2. The molecule has 2 heterocycles. The zero-order valence-corrected chi connectivity index (χ0v) is 12.8. The number of hydrogen-bond donors (Lipinski definition) is 3. The third-order valence-electron chi connectivity index (χ3n) is 4.74. The molecule has 2 saturated heterocycles. The fourth-order valence-corrected chi connectivity index (χ4v) is 3.63. The summed E-state index contributed by atoms with van der Waals surface area (Å²) in [4.78, 5) is 14.7. The molecule has 3 unspecified atom stereocenters. The van der Waals surface area contributed by atoms with Gasteiger partial charge >= 0.3 is 6.03 Å². The molecule has 2 aliphatic heterocycles. The smallest absolute Gasteiger partial charge is 0.315 e. The summed E-state index contributed by atoms with van der Waals surface area (Å²) in [5.74, 6) is 0. The highest BCUT2D eigenvalue weighted by atomic mass is 16.3. The third-order valence-corrected chi connectivity index (χ3v) is 4.74. The minimum Gasteiger partial charge on any atom is -0.394 e. The number of nitrogens with zero attached hydrogens (tertiary/aromatic N) is 1. The molecular formula is C15H29N3O2. The van der Waals surface area contributed by atoms with E-state index in [-0.39, 0.29) is 18.7 Å². The molecule has 0 bridgehead atoms. The Bertz CT molecular complexity index is 337. The molecule has 3 N–H and O–H groups in total. The Hall–Kier alpha value is -0.810. The second-order valence-electron chi connectivity index (χ2n) is 6.56. The highest BCUT2D eigenvalue weighted by molar-refractivity contribution is 5.75. The number of carbonyl (C=O) groups is 1. The Labute approximate surface area is 122 Å². The number of aliphatic hydroxyl groups excluding tert-OH is 1. The fourth-order valence-electron chi connectivity index (χ4n) is 3.63. The number of aliphatic hydroxyl groups is 1. The summed E-state index contributed by atoms with van der Waals surface area (Å²) in [7, 11) is 0. The van der Waals surface area contributed by atoms with Gasteiger partial charge in [0, 0.05) is 18.6 Å². The van der Waals surface area contributed by atoms with Crippen molar-refractivity contribution in [2.45, 2.75) is 70.0 Å². The predicted octanol–water partition coefficient (Wildman–Crippen LogP) is 1.46. The van der Waals surface area contributed by atoms with Crippen LogP contribution in [0.25, 0.3) is 0 Å². The van der Waals surface area contributed by atoms with E-state index in [1.54, 1.807) is 0 Å². The van der Waals surface area contributed by atoms with Gasteiger partial charge in [0.05, 0.1) is 12.1 Å².